The van der Waals surface area contributed by atoms with Gasteiger partial charge in [0.05, 0.1) is 5.60 Å². The van der Waals surface area contributed by atoms with Crippen molar-refractivity contribution in [2.75, 3.05) is 6.54 Å². The van der Waals surface area contributed by atoms with Crippen molar-refractivity contribution < 1.29 is 9.90 Å². The van der Waals surface area contributed by atoms with Gasteiger partial charge >= 0.3 is 0 Å². The number of hydrogen-bond donors (Lipinski definition) is 3. The molecule has 19 heavy (non-hydrogen) atoms. The fraction of sp³-hybridized carbons (Fsp3) is 0.533. The van der Waals surface area contributed by atoms with Crippen molar-refractivity contribution in [1.29, 1.82) is 0 Å². The van der Waals surface area contributed by atoms with Crippen LogP contribution in [0.1, 0.15) is 43.7 Å². The van der Waals surface area contributed by atoms with Crippen molar-refractivity contribution in [1.82, 2.24) is 5.32 Å². The third-order valence-electron chi connectivity index (χ3n) is 3.78. The summed E-state index contributed by atoms with van der Waals surface area (Å²) in [5.41, 5.74) is 6.24. The van der Waals surface area contributed by atoms with Crippen LogP contribution >= 0.6 is 0 Å². The Kier molecular flexibility index (Phi) is 4.56. The molecule has 1 amide bonds. The van der Waals surface area contributed by atoms with Crippen molar-refractivity contribution in [3.05, 3.63) is 35.9 Å². The van der Waals surface area contributed by atoms with E-state index < -0.39 is 5.60 Å². The Morgan fingerprint density at radius 3 is 2.58 bits per heavy atom. The van der Waals surface area contributed by atoms with Crippen LogP contribution in [0.25, 0.3) is 0 Å². The standard InChI is InChI=1S/C15H22N2O2/c16-13(12-6-2-1-3-7-12)10-14(18)17-11-15(19)8-4-5-9-15/h1-3,6-7,13,19H,4-5,8-11,16H2,(H,17,18). The molecule has 0 saturated heterocycles. The Morgan fingerprint density at radius 1 is 1.32 bits per heavy atom. The molecular formula is C15H22N2O2. The summed E-state index contributed by atoms with van der Waals surface area (Å²) in [7, 11) is 0. The molecule has 1 unspecified atom stereocenters. The van der Waals surface area contributed by atoms with Gasteiger partial charge in [0.15, 0.2) is 0 Å². The van der Waals surface area contributed by atoms with Gasteiger partial charge in [-0.25, -0.2) is 0 Å². The summed E-state index contributed by atoms with van der Waals surface area (Å²) in [4.78, 5) is 11.8. The molecule has 0 bridgehead atoms. The largest absolute Gasteiger partial charge is 0.388 e. The number of rotatable bonds is 5. The highest BCUT2D eigenvalue weighted by molar-refractivity contribution is 5.76. The number of carbonyl (C=O) groups excluding carboxylic acids is 1. The summed E-state index contributed by atoms with van der Waals surface area (Å²) < 4.78 is 0. The Morgan fingerprint density at radius 2 is 1.95 bits per heavy atom. The summed E-state index contributed by atoms with van der Waals surface area (Å²) in [6.07, 6.45) is 3.88. The first-order chi connectivity index (χ1) is 9.09. The van der Waals surface area contributed by atoms with Crippen LogP contribution in [-0.2, 0) is 4.79 Å². The van der Waals surface area contributed by atoms with Crippen molar-refractivity contribution in [2.45, 2.75) is 43.7 Å². The number of hydrogen-bond acceptors (Lipinski definition) is 3. The molecule has 104 valence electrons. The van der Waals surface area contributed by atoms with Crippen molar-refractivity contribution >= 4 is 5.91 Å². The monoisotopic (exact) mass is 262 g/mol. The van der Waals surface area contributed by atoms with Crippen LogP contribution in [0.15, 0.2) is 30.3 Å². The second-order valence-electron chi connectivity index (χ2n) is 5.43. The zero-order valence-electron chi connectivity index (χ0n) is 11.1. The summed E-state index contributed by atoms with van der Waals surface area (Å²) in [5.74, 6) is -0.100. The summed E-state index contributed by atoms with van der Waals surface area (Å²) >= 11 is 0. The number of benzene rings is 1. The van der Waals surface area contributed by atoms with Gasteiger partial charge in [-0.1, -0.05) is 43.2 Å². The fourth-order valence-electron chi connectivity index (χ4n) is 2.56. The number of aliphatic hydroxyl groups is 1. The topological polar surface area (TPSA) is 75.4 Å². The Bertz CT molecular complexity index is 413. The predicted octanol–water partition coefficient (Wildman–Crippen LogP) is 1.50. The molecule has 0 aliphatic heterocycles. The molecule has 0 aromatic heterocycles. The van der Waals surface area contributed by atoms with Crippen molar-refractivity contribution in [3.63, 3.8) is 0 Å². The maximum Gasteiger partial charge on any atom is 0.222 e. The average Bonchev–Trinajstić information content (AvgIpc) is 2.85. The molecule has 1 fully saturated rings. The van der Waals surface area contributed by atoms with Crippen LogP contribution in [0.2, 0.25) is 0 Å². The van der Waals surface area contributed by atoms with Gasteiger partial charge in [0.25, 0.3) is 0 Å². The molecule has 0 spiro atoms. The SMILES string of the molecule is NC(CC(=O)NCC1(O)CCCC1)c1ccccc1. The zero-order valence-corrected chi connectivity index (χ0v) is 11.1. The first-order valence-corrected chi connectivity index (χ1v) is 6.89. The maximum absolute atomic E-state index is 11.8. The summed E-state index contributed by atoms with van der Waals surface area (Å²) in [5, 5.41) is 12.9. The van der Waals surface area contributed by atoms with Gasteiger partial charge in [-0.2, -0.15) is 0 Å². The number of carbonyl (C=O) groups is 1. The van der Waals surface area contributed by atoms with E-state index in [9.17, 15) is 9.90 Å². The molecule has 4 N–H and O–H groups in total. The van der Waals surface area contributed by atoms with Gasteiger partial charge in [-0.15, -0.1) is 0 Å². The molecule has 2 rings (SSSR count). The summed E-state index contributed by atoms with van der Waals surface area (Å²) in [6, 6.07) is 9.29. The molecule has 1 atom stereocenters. The first kappa shape index (κ1) is 14.0. The molecular weight excluding hydrogens is 240 g/mol. The van der Waals surface area contributed by atoms with Crippen LogP contribution in [0.3, 0.4) is 0 Å². The fourth-order valence-corrected chi connectivity index (χ4v) is 2.56. The Labute approximate surface area is 114 Å². The smallest absolute Gasteiger partial charge is 0.222 e. The lowest BCUT2D eigenvalue weighted by Crippen LogP contribution is -2.41. The summed E-state index contributed by atoms with van der Waals surface area (Å²) in [6.45, 7) is 0.341. The minimum Gasteiger partial charge on any atom is -0.388 e. The molecule has 1 aromatic rings. The van der Waals surface area contributed by atoms with Crippen LogP contribution in [0.5, 0.6) is 0 Å². The Hall–Kier alpha value is -1.39. The van der Waals surface area contributed by atoms with Gasteiger partial charge in [-0.05, 0) is 18.4 Å². The molecule has 1 aromatic carbocycles. The molecule has 4 heteroatoms. The van der Waals surface area contributed by atoms with Crippen LogP contribution in [-0.4, -0.2) is 23.2 Å². The second-order valence-corrected chi connectivity index (χ2v) is 5.43. The van der Waals surface area contributed by atoms with Crippen molar-refractivity contribution in [3.8, 4) is 0 Å². The normalized spacial score (nSPS) is 19.1. The van der Waals surface area contributed by atoms with E-state index in [1.807, 2.05) is 30.3 Å². The first-order valence-electron chi connectivity index (χ1n) is 6.89. The molecule has 1 aliphatic carbocycles. The second kappa shape index (κ2) is 6.17. The third kappa shape index (κ3) is 4.04. The lowest BCUT2D eigenvalue weighted by molar-refractivity contribution is -0.122. The van der Waals surface area contributed by atoms with E-state index >= 15 is 0 Å². The van der Waals surface area contributed by atoms with Gasteiger partial charge in [0.2, 0.25) is 5.91 Å². The van der Waals surface area contributed by atoms with Gasteiger partial charge in [-0.3, -0.25) is 4.79 Å². The lowest BCUT2D eigenvalue weighted by Gasteiger charge is -2.22. The average molecular weight is 262 g/mol. The third-order valence-corrected chi connectivity index (χ3v) is 3.78. The van der Waals surface area contributed by atoms with Crippen LogP contribution in [0.4, 0.5) is 0 Å². The van der Waals surface area contributed by atoms with Crippen LogP contribution in [0, 0.1) is 0 Å². The Balaban J connectivity index is 1.78. The van der Waals surface area contributed by atoms with Gasteiger partial charge < -0.3 is 16.2 Å². The number of nitrogens with one attached hydrogen (secondary N) is 1. The van der Waals surface area contributed by atoms with E-state index in [-0.39, 0.29) is 18.4 Å². The van der Waals surface area contributed by atoms with Crippen molar-refractivity contribution in [2.24, 2.45) is 5.73 Å². The maximum atomic E-state index is 11.8. The predicted molar refractivity (Wildman–Crippen MR) is 74.4 cm³/mol. The molecule has 1 aliphatic rings. The minimum absolute atomic E-state index is 0.100. The highest BCUT2D eigenvalue weighted by Gasteiger charge is 2.31. The minimum atomic E-state index is -0.702. The van der Waals surface area contributed by atoms with Gasteiger partial charge in [0.1, 0.15) is 0 Å². The highest BCUT2D eigenvalue weighted by Crippen LogP contribution is 2.28. The van der Waals surface area contributed by atoms with E-state index in [0.29, 0.717) is 6.54 Å². The molecule has 0 radical (unpaired) electrons. The van der Waals surface area contributed by atoms with Gasteiger partial charge in [0, 0.05) is 19.0 Å². The number of nitrogens with two attached hydrogens (primary N) is 1. The quantitative estimate of drug-likeness (QED) is 0.752. The lowest BCUT2D eigenvalue weighted by atomic mass is 10.0. The van der Waals surface area contributed by atoms with Crippen LogP contribution < -0.4 is 11.1 Å². The van der Waals surface area contributed by atoms with E-state index in [1.54, 1.807) is 0 Å². The molecule has 1 saturated carbocycles. The highest BCUT2D eigenvalue weighted by atomic mass is 16.3. The van der Waals surface area contributed by atoms with E-state index in [2.05, 4.69) is 5.32 Å². The van der Waals surface area contributed by atoms with E-state index in [1.165, 1.54) is 0 Å². The van der Waals surface area contributed by atoms with E-state index in [4.69, 9.17) is 5.73 Å². The van der Waals surface area contributed by atoms with E-state index in [0.717, 1.165) is 31.2 Å². The molecule has 4 nitrogen and oxygen atoms in total. The zero-order chi connectivity index (χ0) is 13.7. The number of amides is 1. The molecule has 0 heterocycles.